The van der Waals surface area contributed by atoms with Crippen molar-refractivity contribution in [2.75, 3.05) is 11.9 Å². The zero-order chi connectivity index (χ0) is 28.4. The summed E-state index contributed by atoms with van der Waals surface area (Å²) < 4.78 is 6.60. The molecule has 3 heterocycles. The van der Waals surface area contributed by atoms with Crippen LogP contribution in [0.2, 0.25) is 0 Å². The second-order valence-electron chi connectivity index (χ2n) is 9.77. The minimum absolute atomic E-state index is 0.208. The Morgan fingerprint density at radius 1 is 0.975 bits per heavy atom. The summed E-state index contributed by atoms with van der Waals surface area (Å²) in [7, 11) is 0. The number of fused-ring (bicyclic) bond motifs is 1. The minimum atomic E-state index is -0.513. The van der Waals surface area contributed by atoms with Crippen molar-refractivity contribution in [3.05, 3.63) is 92.7 Å². The number of anilines is 1. The first-order valence-electron chi connectivity index (χ1n) is 13.0. The van der Waals surface area contributed by atoms with E-state index in [0.29, 0.717) is 32.3 Å². The zero-order valence-electron chi connectivity index (χ0n) is 22.7. The fourth-order valence-electron chi connectivity index (χ4n) is 4.46. The quantitative estimate of drug-likeness (QED) is 0.201. The lowest BCUT2D eigenvalue weighted by Crippen LogP contribution is -2.28. The number of hydrogen-bond acceptors (Lipinski definition) is 7. The van der Waals surface area contributed by atoms with Gasteiger partial charge in [-0.1, -0.05) is 67.9 Å². The van der Waals surface area contributed by atoms with Crippen molar-refractivity contribution in [1.82, 2.24) is 9.55 Å². The highest BCUT2D eigenvalue weighted by Gasteiger charge is 2.23. The Morgan fingerprint density at radius 3 is 2.30 bits per heavy atom. The molecule has 0 aliphatic carbocycles. The van der Waals surface area contributed by atoms with Crippen molar-refractivity contribution in [2.45, 2.75) is 40.2 Å². The second kappa shape index (κ2) is 11.6. The van der Waals surface area contributed by atoms with Gasteiger partial charge in [-0.15, -0.1) is 22.7 Å². The molecule has 0 aliphatic rings. The molecule has 5 rings (SSSR count). The van der Waals surface area contributed by atoms with Crippen LogP contribution in [0.1, 0.15) is 48.2 Å². The molecular formula is C31H29N3O4S2. The third-order valence-electron chi connectivity index (χ3n) is 6.65. The Morgan fingerprint density at radius 2 is 1.62 bits per heavy atom. The molecule has 9 heteroatoms. The smallest absolute Gasteiger partial charge is 0.341 e. The Balaban J connectivity index is 1.43. The van der Waals surface area contributed by atoms with E-state index in [1.54, 1.807) is 6.92 Å². The number of nitrogens with one attached hydrogen (secondary N) is 1. The molecule has 7 nitrogen and oxygen atoms in total. The van der Waals surface area contributed by atoms with Gasteiger partial charge in [0.2, 0.25) is 5.91 Å². The summed E-state index contributed by atoms with van der Waals surface area (Å²) in [5.41, 5.74) is 5.59. The van der Waals surface area contributed by atoms with Gasteiger partial charge in [0, 0.05) is 21.9 Å². The number of carbonyl (C=O) groups excluding carboxylic acids is 2. The van der Waals surface area contributed by atoms with Gasteiger partial charge in [0.15, 0.2) is 0 Å². The number of rotatable bonds is 8. The van der Waals surface area contributed by atoms with Gasteiger partial charge in [-0.05, 0) is 36.5 Å². The van der Waals surface area contributed by atoms with Crippen LogP contribution in [-0.2, 0) is 16.1 Å². The number of ether oxygens (including phenoxy) is 1. The molecule has 204 valence electrons. The van der Waals surface area contributed by atoms with Crippen LogP contribution in [0.3, 0.4) is 0 Å². The Hall–Kier alpha value is -4.08. The van der Waals surface area contributed by atoms with Crippen LogP contribution in [-0.4, -0.2) is 28.0 Å². The third-order valence-corrected chi connectivity index (χ3v) is 8.43. The normalized spacial score (nSPS) is 11.2. The summed E-state index contributed by atoms with van der Waals surface area (Å²) in [6, 6.07) is 16.0. The average molecular weight is 572 g/mol. The van der Waals surface area contributed by atoms with E-state index in [1.165, 1.54) is 39.1 Å². The van der Waals surface area contributed by atoms with Crippen molar-refractivity contribution >= 4 is 49.8 Å². The van der Waals surface area contributed by atoms with Gasteiger partial charge >= 0.3 is 5.97 Å². The van der Waals surface area contributed by atoms with Crippen LogP contribution in [0.15, 0.2) is 70.4 Å². The standard InChI is InChI=1S/C31H29N3O4S2/c1-5-38-31(37)27-24(21-8-6-19(4)7-9-21)16-40-29(27)33-25(35)14-34-17-32-28-26(30(34)36)23(15-39-28)22-12-10-20(11-13-22)18(2)3/h6-13,15-18H,5,14H2,1-4H3,(H,33,35). The van der Waals surface area contributed by atoms with Crippen molar-refractivity contribution in [3.63, 3.8) is 0 Å². The highest BCUT2D eigenvalue weighted by Crippen LogP contribution is 2.36. The monoisotopic (exact) mass is 571 g/mol. The first-order valence-corrected chi connectivity index (χ1v) is 14.7. The molecule has 0 bridgehead atoms. The molecule has 1 amide bonds. The number of benzene rings is 2. The maximum atomic E-state index is 13.5. The predicted molar refractivity (Wildman–Crippen MR) is 162 cm³/mol. The first kappa shape index (κ1) is 27.5. The molecule has 1 N–H and O–H groups in total. The molecule has 5 aromatic rings. The summed E-state index contributed by atoms with van der Waals surface area (Å²) in [6.07, 6.45) is 1.39. The van der Waals surface area contributed by atoms with Crippen LogP contribution >= 0.6 is 22.7 Å². The number of nitrogens with zero attached hydrogens (tertiary/aromatic N) is 2. The van der Waals surface area contributed by atoms with Crippen molar-refractivity contribution in [3.8, 4) is 22.3 Å². The molecule has 0 spiro atoms. The van der Waals surface area contributed by atoms with Crippen LogP contribution in [0.5, 0.6) is 0 Å². The van der Waals surface area contributed by atoms with E-state index >= 15 is 0 Å². The van der Waals surface area contributed by atoms with Crippen LogP contribution in [0.25, 0.3) is 32.5 Å². The highest BCUT2D eigenvalue weighted by atomic mass is 32.1. The lowest BCUT2D eigenvalue weighted by Gasteiger charge is -2.10. The van der Waals surface area contributed by atoms with Gasteiger partial charge in [0.25, 0.3) is 5.56 Å². The number of hydrogen-bond donors (Lipinski definition) is 1. The highest BCUT2D eigenvalue weighted by molar-refractivity contribution is 7.17. The predicted octanol–water partition coefficient (Wildman–Crippen LogP) is 7.10. The van der Waals surface area contributed by atoms with Crippen LogP contribution in [0, 0.1) is 6.92 Å². The summed E-state index contributed by atoms with van der Waals surface area (Å²) in [5, 5.41) is 7.45. The number of amides is 1. The number of thiophene rings is 2. The van der Waals surface area contributed by atoms with E-state index in [2.05, 4.69) is 36.3 Å². The van der Waals surface area contributed by atoms with Gasteiger partial charge < -0.3 is 10.1 Å². The average Bonchev–Trinajstić information content (AvgIpc) is 3.56. The van der Waals surface area contributed by atoms with E-state index in [0.717, 1.165) is 22.3 Å². The first-order chi connectivity index (χ1) is 19.3. The fourth-order valence-corrected chi connectivity index (χ4v) is 6.34. The van der Waals surface area contributed by atoms with E-state index in [4.69, 9.17) is 4.74 Å². The Bertz CT molecular complexity index is 1750. The molecule has 0 unspecified atom stereocenters. The molecule has 3 aromatic heterocycles. The van der Waals surface area contributed by atoms with Crippen LogP contribution < -0.4 is 10.9 Å². The molecule has 2 aromatic carbocycles. The second-order valence-corrected chi connectivity index (χ2v) is 11.5. The molecule has 0 atom stereocenters. The van der Waals surface area contributed by atoms with Crippen molar-refractivity contribution in [2.24, 2.45) is 0 Å². The molecule has 0 saturated carbocycles. The maximum absolute atomic E-state index is 13.5. The number of carbonyl (C=O) groups is 2. The van der Waals surface area contributed by atoms with E-state index < -0.39 is 11.9 Å². The molecule has 0 fully saturated rings. The van der Waals surface area contributed by atoms with E-state index in [-0.39, 0.29) is 18.7 Å². The largest absolute Gasteiger partial charge is 0.462 e. The topological polar surface area (TPSA) is 90.3 Å². The van der Waals surface area contributed by atoms with Gasteiger partial charge in [-0.2, -0.15) is 0 Å². The van der Waals surface area contributed by atoms with Gasteiger partial charge in [0.05, 0.1) is 18.3 Å². The van der Waals surface area contributed by atoms with E-state index in [1.807, 2.05) is 54.1 Å². The zero-order valence-corrected chi connectivity index (χ0v) is 24.3. The van der Waals surface area contributed by atoms with Gasteiger partial charge in [-0.25, -0.2) is 9.78 Å². The molecule has 0 saturated heterocycles. The number of aryl methyl sites for hydroxylation is 1. The molecule has 40 heavy (non-hydrogen) atoms. The molecule has 0 radical (unpaired) electrons. The summed E-state index contributed by atoms with van der Waals surface area (Å²) in [4.78, 5) is 44.6. The lowest BCUT2D eigenvalue weighted by atomic mass is 9.99. The Kier molecular flexibility index (Phi) is 7.95. The van der Waals surface area contributed by atoms with Crippen molar-refractivity contribution < 1.29 is 14.3 Å². The third kappa shape index (κ3) is 5.48. The van der Waals surface area contributed by atoms with E-state index in [9.17, 15) is 14.4 Å². The lowest BCUT2D eigenvalue weighted by molar-refractivity contribution is -0.116. The van der Waals surface area contributed by atoms with Crippen LogP contribution in [0.4, 0.5) is 5.00 Å². The fraction of sp³-hybridized carbons (Fsp3) is 0.226. The summed E-state index contributed by atoms with van der Waals surface area (Å²) in [5.74, 6) is -0.545. The maximum Gasteiger partial charge on any atom is 0.341 e. The van der Waals surface area contributed by atoms with Crippen molar-refractivity contribution in [1.29, 1.82) is 0 Å². The summed E-state index contributed by atoms with van der Waals surface area (Å²) in [6.45, 7) is 7.96. The van der Waals surface area contributed by atoms with Gasteiger partial charge in [-0.3, -0.25) is 14.2 Å². The Labute approximate surface area is 240 Å². The molecular weight excluding hydrogens is 542 g/mol. The number of esters is 1. The minimum Gasteiger partial charge on any atom is -0.462 e. The summed E-state index contributed by atoms with van der Waals surface area (Å²) >= 11 is 2.65. The number of aromatic nitrogens is 2. The SMILES string of the molecule is CCOC(=O)c1c(-c2ccc(C)cc2)csc1NC(=O)Cn1cnc2scc(-c3ccc(C(C)C)cc3)c2c1=O. The van der Waals surface area contributed by atoms with Gasteiger partial charge in [0.1, 0.15) is 21.9 Å². The molecule has 0 aliphatic heterocycles.